The number of nitrogens with zero attached hydrogens (tertiary/aromatic N) is 2. The number of hydrogen-bond acceptors (Lipinski definition) is 4. The molecule has 0 saturated carbocycles. The Labute approximate surface area is 66.1 Å². The molecule has 0 aromatic rings. The first-order valence-electron chi connectivity index (χ1n) is 3.43. The van der Waals surface area contributed by atoms with Gasteiger partial charge in [-0.2, -0.15) is 10.5 Å². The summed E-state index contributed by atoms with van der Waals surface area (Å²) >= 11 is 0. The van der Waals surface area contributed by atoms with Gasteiger partial charge in [0.25, 0.3) is 0 Å². The van der Waals surface area contributed by atoms with Gasteiger partial charge in [-0.3, -0.25) is 0 Å². The molecule has 1 atom stereocenters. The van der Waals surface area contributed by atoms with Crippen LogP contribution < -0.4 is 5.32 Å². The van der Waals surface area contributed by atoms with Gasteiger partial charge in [0.1, 0.15) is 0 Å². The van der Waals surface area contributed by atoms with Crippen LogP contribution in [-0.4, -0.2) is 24.3 Å². The zero-order valence-electron chi connectivity index (χ0n) is 6.25. The normalized spacial score (nSPS) is 11.5. The molecule has 2 N–H and O–H groups in total. The van der Waals surface area contributed by atoms with E-state index in [1.54, 1.807) is 0 Å². The molecular weight excluding hydrogens is 142 g/mol. The molecule has 0 heterocycles. The van der Waals surface area contributed by atoms with Gasteiger partial charge in [0.15, 0.2) is 0 Å². The number of aliphatic hydroxyl groups is 1. The fraction of sp³-hybridized carbons (Fsp3) is 0.714. The highest BCUT2D eigenvalue weighted by Gasteiger charge is 2.03. The van der Waals surface area contributed by atoms with Gasteiger partial charge in [0, 0.05) is 19.0 Å². The molecule has 0 aliphatic heterocycles. The Kier molecular flexibility index (Phi) is 6.31. The van der Waals surface area contributed by atoms with E-state index in [9.17, 15) is 0 Å². The minimum atomic E-state index is -0.187. The molecule has 4 heteroatoms. The summed E-state index contributed by atoms with van der Waals surface area (Å²) in [6.07, 6.45) is 0.684. The molecule has 0 aromatic carbocycles. The van der Waals surface area contributed by atoms with E-state index < -0.39 is 0 Å². The van der Waals surface area contributed by atoms with Crippen LogP contribution in [0.2, 0.25) is 0 Å². The van der Waals surface area contributed by atoms with E-state index in [0.717, 1.165) is 0 Å². The molecule has 0 spiro atoms. The molecule has 0 bridgehead atoms. The smallest absolute Gasteiger partial charge is 0.0639 e. The topological polar surface area (TPSA) is 79.8 Å². The van der Waals surface area contributed by atoms with Gasteiger partial charge in [-0.25, -0.2) is 0 Å². The van der Waals surface area contributed by atoms with E-state index >= 15 is 0 Å². The largest absolute Gasteiger partial charge is 0.395 e. The Morgan fingerprint density at radius 1 is 1.36 bits per heavy atom. The maximum absolute atomic E-state index is 8.66. The van der Waals surface area contributed by atoms with Crippen LogP contribution in [0.25, 0.3) is 0 Å². The van der Waals surface area contributed by atoms with Crippen molar-refractivity contribution in [1.82, 2.24) is 5.32 Å². The van der Waals surface area contributed by atoms with Crippen molar-refractivity contribution in [3.63, 3.8) is 0 Å². The first-order valence-corrected chi connectivity index (χ1v) is 3.43. The molecule has 0 aliphatic rings. The van der Waals surface area contributed by atoms with Gasteiger partial charge in [0.05, 0.1) is 25.2 Å². The highest BCUT2D eigenvalue weighted by Crippen LogP contribution is 1.88. The van der Waals surface area contributed by atoms with Crippen molar-refractivity contribution in [3.05, 3.63) is 0 Å². The van der Waals surface area contributed by atoms with Gasteiger partial charge in [-0.15, -0.1) is 0 Å². The van der Waals surface area contributed by atoms with Crippen LogP contribution in [0.1, 0.15) is 12.8 Å². The quantitative estimate of drug-likeness (QED) is 0.534. The summed E-state index contributed by atoms with van der Waals surface area (Å²) in [5.41, 5.74) is 0. The first-order chi connectivity index (χ1) is 5.35. The number of rotatable bonds is 5. The van der Waals surface area contributed by atoms with Crippen LogP contribution >= 0.6 is 0 Å². The molecule has 1 unspecified atom stereocenters. The molecule has 0 aliphatic carbocycles. The molecule has 60 valence electrons. The second-order valence-electron chi connectivity index (χ2n) is 2.10. The van der Waals surface area contributed by atoms with E-state index in [1.165, 1.54) is 0 Å². The summed E-state index contributed by atoms with van der Waals surface area (Å²) in [7, 11) is 0. The lowest BCUT2D eigenvalue weighted by atomic mass is 10.2. The number of hydrogen-bond donors (Lipinski definition) is 2. The third-order valence-electron chi connectivity index (χ3n) is 1.23. The predicted molar refractivity (Wildman–Crippen MR) is 39.3 cm³/mol. The van der Waals surface area contributed by atoms with Crippen molar-refractivity contribution in [2.24, 2.45) is 0 Å². The summed E-state index contributed by atoms with van der Waals surface area (Å²) in [6.45, 7) is 0.475. The van der Waals surface area contributed by atoms with Crippen molar-refractivity contribution in [2.75, 3.05) is 13.2 Å². The maximum Gasteiger partial charge on any atom is 0.0639 e. The zero-order chi connectivity index (χ0) is 8.53. The number of nitriles is 2. The second kappa shape index (κ2) is 7.01. The SMILES string of the molecule is N#CCCNC(CO)CC#N. The van der Waals surface area contributed by atoms with Crippen LogP contribution in [0.5, 0.6) is 0 Å². The lowest BCUT2D eigenvalue weighted by molar-refractivity contribution is 0.245. The standard InChI is InChI=1S/C7H11N3O/c8-3-1-5-10-7(6-11)2-4-9/h7,10-11H,1-2,5-6H2. The lowest BCUT2D eigenvalue weighted by Crippen LogP contribution is -2.32. The summed E-state index contributed by atoms with van der Waals surface area (Å²) in [5.74, 6) is 0. The molecule has 0 fully saturated rings. The molecular formula is C7H11N3O. The highest BCUT2D eigenvalue weighted by atomic mass is 16.3. The monoisotopic (exact) mass is 153 g/mol. The zero-order valence-corrected chi connectivity index (χ0v) is 6.25. The van der Waals surface area contributed by atoms with Crippen molar-refractivity contribution in [3.8, 4) is 12.1 Å². The average Bonchev–Trinajstić information content (AvgIpc) is 2.03. The van der Waals surface area contributed by atoms with Crippen LogP contribution in [-0.2, 0) is 0 Å². The summed E-state index contributed by atoms with van der Waals surface area (Å²) < 4.78 is 0. The van der Waals surface area contributed by atoms with Crippen LogP contribution in [0.3, 0.4) is 0 Å². The van der Waals surface area contributed by atoms with Crippen LogP contribution in [0, 0.1) is 22.7 Å². The second-order valence-corrected chi connectivity index (χ2v) is 2.10. The van der Waals surface area contributed by atoms with E-state index in [0.29, 0.717) is 13.0 Å². The Morgan fingerprint density at radius 3 is 2.55 bits per heavy atom. The molecule has 4 nitrogen and oxygen atoms in total. The first kappa shape index (κ1) is 9.90. The highest BCUT2D eigenvalue weighted by molar-refractivity contribution is 4.81. The van der Waals surface area contributed by atoms with Crippen molar-refractivity contribution >= 4 is 0 Å². The predicted octanol–water partition coefficient (Wildman–Crippen LogP) is -0.236. The third-order valence-corrected chi connectivity index (χ3v) is 1.23. The van der Waals surface area contributed by atoms with E-state index in [1.807, 2.05) is 12.1 Å². The van der Waals surface area contributed by atoms with Crippen molar-refractivity contribution < 1.29 is 5.11 Å². The Morgan fingerprint density at radius 2 is 2.09 bits per heavy atom. The molecule has 0 aromatic heterocycles. The summed E-state index contributed by atoms with van der Waals surface area (Å²) in [4.78, 5) is 0. The van der Waals surface area contributed by atoms with Crippen molar-refractivity contribution in [2.45, 2.75) is 18.9 Å². The van der Waals surface area contributed by atoms with Gasteiger partial charge in [-0.1, -0.05) is 0 Å². The minimum absolute atomic E-state index is 0.0566. The Hall–Kier alpha value is -1.10. The number of aliphatic hydroxyl groups excluding tert-OH is 1. The van der Waals surface area contributed by atoms with E-state index in [4.69, 9.17) is 15.6 Å². The Balaban J connectivity index is 3.39. The van der Waals surface area contributed by atoms with Crippen molar-refractivity contribution in [1.29, 1.82) is 10.5 Å². The van der Waals surface area contributed by atoms with E-state index in [-0.39, 0.29) is 19.1 Å². The number of nitrogens with one attached hydrogen (secondary N) is 1. The molecule has 0 saturated heterocycles. The maximum atomic E-state index is 8.66. The minimum Gasteiger partial charge on any atom is -0.395 e. The summed E-state index contributed by atoms with van der Waals surface area (Å²) in [6, 6.07) is 3.72. The van der Waals surface area contributed by atoms with E-state index in [2.05, 4.69) is 5.32 Å². The molecule has 0 radical (unpaired) electrons. The average molecular weight is 153 g/mol. The van der Waals surface area contributed by atoms with Gasteiger partial charge in [0.2, 0.25) is 0 Å². The van der Waals surface area contributed by atoms with Gasteiger partial charge >= 0.3 is 0 Å². The van der Waals surface area contributed by atoms with Gasteiger partial charge in [-0.05, 0) is 0 Å². The van der Waals surface area contributed by atoms with Crippen LogP contribution in [0.15, 0.2) is 0 Å². The molecule has 11 heavy (non-hydrogen) atoms. The fourth-order valence-corrected chi connectivity index (χ4v) is 0.644. The third kappa shape index (κ3) is 5.35. The van der Waals surface area contributed by atoms with Gasteiger partial charge < -0.3 is 10.4 Å². The molecule has 0 amide bonds. The lowest BCUT2D eigenvalue weighted by Gasteiger charge is -2.10. The van der Waals surface area contributed by atoms with Crippen LogP contribution in [0.4, 0.5) is 0 Å². The summed E-state index contributed by atoms with van der Waals surface area (Å²) in [5, 5.41) is 28.0. The molecule has 0 rings (SSSR count). The Bertz CT molecular complexity index is 168. The fourth-order valence-electron chi connectivity index (χ4n) is 0.644.